The van der Waals surface area contributed by atoms with E-state index < -0.39 is 5.82 Å². The van der Waals surface area contributed by atoms with Gasteiger partial charge in [0.05, 0.1) is 5.02 Å². The number of hydrogen-bond acceptors (Lipinski definition) is 2. The maximum absolute atomic E-state index is 13.3. The van der Waals surface area contributed by atoms with Crippen LogP contribution in [-0.2, 0) is 13.2 Å². The molecular formula is C16H17ClFNO. The van der Waals surface area contributed by atoms with Crippen molar-refractivity contribution in [2.75, 3.05) is 6.54 Å². The molecule has 4 heteroatoms. The van der Waals surface area contributed by atoms with Crippen LogP contribution in [0.4, 0.5) is 4.39 Å². The van der Waals surface area contributed by atoms with Gasteiger partial charge in [0, 0.05) is 12.6 Å². The summed E-state index contributed by atoms with van der Waals surface area (Å²) in [6.07, 6.45) is 0. The Balaban J connectivity index is 1.97. The van der Waals surface area contributed by atoms with E-state index in [-0.39, 0.29) is 5.02 Å². The first-order chi connectivity index (χ1) is 9.69. The van der Waals surface area contributed by atoms with E-state index in [0.717, 1.165) is 18.7 Å². The topological polar surface area (TPSA) is 21.3 Å². The molecular weight excluding hydrogens is 277 g/mol. The van der Waals surface area contributed by atoms with Gasteiger partial charge in [-0.05, 0) is 29.8 Å². The molecule has 0 aliphatic carbocycles. The fourth-order valence-corrected chi connectivity index (χ4v) is 1.95. The van der Waals surface area contributed by atoms with Crippen LogP contribution in [0.3, 0.4) is 0 Å². The van der Waals surface area contributed by atoms with Crippen molar-refractivity contribution in [1.29, 1.82) is 0 Å². The minimum atomic E-state index is -0.468. The summed E-state index contributed by atoms with van der Waals surface area (Å²) in [6.45, 7) is 4.24. The maximum Gasteiger partial charge on any atom is 0.145 e. The Kier molecular flexibility index (Phi) is 5.39. The molecule has 0 radical (unpaired) electrons. The second-order valence-corrected chi connectivity index (χ2v) is 4.87. The number of halogens is 2. The first-order valence-corrected chi connectivity index (χ1v) is 6.93. The van der Waals surface area contributed by atoms with Crippen molar-refractivity contribution in [1.82, 2.24) is 5.32 Å². The van der Waals surface area contributed by atoms with E-state index in [4.69, 9.17) is 16.3 Å². The zero-order valence-electron chi connectivity index (χ0n) is 11.3. The molecule has 20 heavy (non-hydrogen) atoms. The minimum absolute atomic E-state index is 0.102. The Morgan fingerprint density at radius 2 is 1.95 bits per heavy atom. The van der Waals surface area contributed by atoms with Gasteiger partial charge in [-0.1, -0.05) is 42.8 Å². The molecule has 0 atom stereocenters. The summed E-state index contributed by atoms with van der Waals surface area (Å²) in [7, 11) is 0. The molecule has 0 spiro atoms. The molecule has 0 saturated heterocycles. The minimum Gasteiger partial charge on any atom is -0.489 e. The van der Waals surface area contributed by atoms with Gasteiger partial charge < -0.3 is 10.1 Å². The second kappa shape index (κ2) is 7.27. The third-order valence-electron chi connectivity index (χ3n) is 2.87. The van der Waals surface area contributed by atoms with E-state index in [1.54, 1.807) is 6.07 Å². The van der Waals surface area contributed by atoms with Gasteiger partial charge in [-0.2, -0.15) is 0 Å². The average Bonchev–Trinajstić information content (AvgIpc) is 2.47. The van der Waals surface area contributed by atoms with Crippen molar-refractivity contribution in [2.45, 2.75) is 20.1 Å². The first kappa shape index (κ1) is 14.8. The van der Waals surface area contributed by atoms with Crippen molar-refractivity contribution >= 4 is 11.6 Å². The largest absolute Gasteiger partial charge is 0.489 e. The van der Waals surface area contributed by atoms with Crippen LogP contribution in [0.15, 0.2) is 42.5 Å². The molecule has 2 aromatic rings. The molecule has 2 rings (SSSR count). The summed E-state index contributed by atoms with van der Waals surface area (Å²) < 4.78 is 18.9. The Hall–Kier alpha value is -1.58. The van der Waals surface area contributed by atoms with Crippen molar-refractivity contribution in [3.05, 3.63) is 64.4 Å². The highest BCUT2D eigenvalue weighted by atomic mass is 35.5. The van der Waals surface area contributed by atoms with Crippen LogP contribution in [-0.4, -0.2) is 6.54 Å². The summed E-state index contributed by atoms with van der Waals surface area (Å²) >= 11 is 5.63. The van der Waals surface area contributed by atoms with Gasteiger partial charge in [0.15, 0.2) is 0 Å². The SMILES string of the molecule is CCNCc1cccc(COc2ccc(Cl)c(F)c2)c1. The van der Waals surface area contributed by atoms with Gasteiger partial charge in [-0.25, -0.2) is 4.39 Å². The van der Waals surface area contributed by atoms with E-state index in [9.17, 15) is 4.39 Å². The number of rotatable bonds is 6. The molecule has 2 aromatic carbocycles. The Morgan fingerprint density at radius 1 is 1.15 bits per heavy atom. The van der Waals surface area contributed by atoms with Crippen molar-refractivity contribution in [3.8, 4) is 5.75 Å². The van der Waals surface area contributed by atoms with Crippen LogP contribution >= 0.6 is 11.6 Å². The third-order valence-corrected chi connectivity index (χ3v) is 3.17. The van der Waals surface area contributed by atoms with E-state index in [1.807, 2.05) is 12.1 Å². The van der Waals surface area contributed by atoms with E-state index >= 15 is 0 Å². The van der Waals surface area contributed by atoms with Crippen LogP contribution in [0.5, 0.6) is 5.75 Å². The van der Waals surface area contributed by atoms with Gasteiger partial charge in [-0.15, -0.1) is 0 Å². The fraction of sp³-hybridized carbons (Fsp3) is 0.250. The lowest BCUT2D eigenvalue weighted by Crippen LogP contribution is -2.11. The van der Waals surface area contributed by atoms with Gasteiger partial charge in [0.1, 0.15) is 18.2 Å². The number of hydrogen-bond donors (Lipinski definition) is 1. The molecule has 0 fully saturated rings. The molecule has 0 bridgehead atoms. The highest BCUT2D eigenvalue weighted by Gasteiger charge is 2.02. The summed E-state index contributed by atoms with van der Waals surface area (Å²) in [5.74, 6) is 0.00838. The monoisotopic (exact) mass is 293 g/mol. The molecule has 1 N–H and O–H groups in total. The third kappa shape index (κ3) is 4.22. The van der Waals surface area contributed by atoms with Crippen molar-refractivity contribution in [2.24, 2.45) is 0 Å². The highest BCUT2D eigenvalue weighted by Crippen LogP contribution is 2.21. The Morgan fingerprint density at radius 3 is 2.70 bits per heavy atom. The van der Waals surface area contributed by atoms with Crippen LogP contribution in [0.1, 0.15) is 18.1 Å². The lowest BCUT2D eigenvalue weighted by molar-refractivity contribution is 0.304. The smallest absolute Gasteiger partial charge is 0.145 e. The van der Waals surface area contributed by atoms with Gasteiger partial charge in [0.2, 0.25) is 0 Å². The number of ether oxygens (including phenoxy) is 1. The summed E-state index contributed by atoms with van der Waals surface area (Å²) in [5, 5.41) is 3.38. The molecule has 0 amide bonds. The average molecular weight is 294 g/mol. The molecule has 2 nitrogen and oxygen atoms in total. The van der Waals surface area contributed by atoms with E-state index in [1.165, 1.54) is 17.7 Å². The highest BCUT2D eigenvalue weighted by molar-refractivity contribution is 6.30. The molecule has 106 valence electrons. The number of nitrogens with one attached hydrogen (secondary N) is 1. The molecule has 0 aromatic heterocycles. The predicted molar refractivity (Wildman–Crippen MR) is 79.6 cm³/mol. The maximum atomic E-state index is 13.3. The van der Waals surface area contributed by atoms with Gasteiger partial charge in [-0.3, -0.25) is 0 Å². The molecule has 0 unspecified atom stereocenters. The summed E-state index contributed by atoms with van der Waals surface area (Å²) in [5.41, 5.74) is 2.26. The Bertz CT molecular complexity index is 574. The van der Waals surface area contributed by atoms with Crippen molar-refractivity contribution < 1.29 is 9.13 Å². The summed E-state index contributed by atoms with van der Waals surface area (Å²) in [4.78, 5) is 0. The predicted octanol–water partition coefficient (Wildman–Crippen LogP) is 4.17. The lowest BCUT2D eigenvalue weighted by atomic mass is 10.1. The van der Waals surface area contributed by atoms with Crippen LogP contribution in [0.2, 0.25) is 5.02 Å². The van der Waals surface area contributed by atoms with Gasteiger partial charge in [0.25, 0.3) is 0 Å². The normalized spacial score (nSPS) is 10.6. The van der Waals surface area contributed by atoms with Gasteiger partial charge >= 0.3 is 0 Å². The van der Waals surface area contributed by atoms with Crippen LogP contribution in [0, 0.1) is 5.82 Å². The molecule has 0 aliphatic rings. The Labute approximate surface area is 123 Å². The second-order valence-electron chi connectivity index (χ2n) is 4.46. The molecule has 0 aliphatic heterocycles. The van der Waals surface area contributed by atoms with E-state index in [2.05, 4.69) is 24.4 Å². The number of benzene rings is 2. The zero-order chi connectivity index (χ0) is 14.4. The molecule has 0 saturated carbocycles. The van der Waals surface area contributed by atoms with Crippen LogP contribution in [0.25, 0.3) is 0 Å². The fourth-order valence-electron chi connectivity index (χ4n) is 1.83. The van der Waals surface area contributed by atoms with Crippen LogP contribution < -0.4 is 10.1 Å². The summed E-state index contributed by atoms with van der Waals surface area (Å²) in [6, 6.07) is 12.6. The van der Waals surface area contributed by atoms with E-state index in [0.29, 0.717) is 12.4 Å². The molecule has 0 heterocycles. The van der Waals surface area contributed by atoms with Crippen molar-refractivity contribution in [3.63, 3.8) is 0 Å². The lowest BCUT2D eigenvalue weighted by Gasteiger charge is -2.09. The quantitative estimate of drug-likeness (QED) is 0.863. The zero-order valence-corrected chi connectivity index (χ0v) is 12.1. The standard InChI is InChI=1S/C16H17ClFNO/c1-2-19-10-12-4-3-5-13(8-12)11-20-14-6-7-15(17)16(18)9-14/h3-9,19H,2,10-11H2,1H3. The first-order valence-electron chi connectivity index (χ1n) is 6.55.